The van der Waals surface area contributed by atoms with Gasteiger partial charge in [-0.05, 0) is 124 Å². The summed E-state index contributed by atoms with van der Waals surface area (Å²) in [4.78, 5) is 134. The number of aliphatic hydroxyl groups is 1. The number of nitrogens with zero attached hydrogens (tertiary/aromatic N) is 2. The summed E-state index contributed by atoms with van der Waals surface area (Å²) in [7, 11) is 0. The molecule has 2 aromatic carbocycles. The maximum Gasteiger partial charge on any atom is 0.407 e. The Morgan fingerprint density at radius 3 is 2.22 bits per heavy atom. The van der Waals surface area contributed by atoms with E-state index in [2.05, 4.69) is 54.4 Å². The van der Waals surface area contributed by atoms with Crippen LogP contribution in [0, 0.1) is 30.5 Å². The lowest BCUT2D eigenvalue weighted by molar-refractivity contribution is -0.172. The van der Waals surface area contributed by atoms with Crippen molar-refractivity contribution in [2.45, 2.75) is 173 Å². The number of carbonyl (C=O) groups excluding carboxylic acids is 9. The Labute approximate surface area is 608 Å². The molecule has 1 unspecified atom stereocenters. The molecule has 9 amide bonds. The van der Waals surface area contributed by atoms with Gasteiger partial charge in [-0.25, -0.2) is 23.8 Å². The fourth-order valence-corrected chi connectivity index (χ4v) is 12.6. The number of anilines is 1. The first-order valence-corrected chi connectivity index (χ1v) is 35.9. The van der Waals surface area contributed by atoms with Gasteiger partial charge < -0.3 is 102 Å². The van der Waals surface area contributed by atoms with Crippen LogP contribution in [-0.4, -0.2) is 185 Å². The third kappa shape index (κ3) is 23.6. The zero-order valence-corrected chi connectivity index (χ0v) is 60.1. The van der Waals surface area contributed by atoms with Crippen LogP contribution in [0.15, 0.2) is 41.2 Å². The number of cyclic esters (lactones) is 1. The third-order valence-electron chi connectivity index (χ3n) is 18.4. The number of amides is 9. The molecule has 2 aliphatic heterocycles. The minimum absolute atomic E-state index is 0.0381. The first kappa shape index (κ1) is 81.5. The summed E-state index contributed by atoms with van der Waals surface area (Å²) in [6.07, 6.45) is 6.33. The number of urea groups is 1. The molecule has 2 aliphatic carbocycles. The predicted molar refractivity (Wildman–Crippen MR) is 379 cm³/mol. The third-order valence-corrected chi connectivity index (χ3v) is 18.4. The smallest absolute Gasteiger partial charge is 0.407 e. The number of ether oxygens (including phenoxy) is 8. The van der Waals surface area contributed by atoms with Gasteiger partial charge in [-0.2, -0.15) is 0 Å². The monoisotopic (exact) mass is 1470 g/mol. The fraction of sp³-hybridized carbons (Fsp3) is 0.575. The van der Waals surface area contributed by atoms with Gasteiger partial charge in [0.05, 0.1) is 94.0 Å². The number of nitrogens with one attached hydrogen (secondary N) is 8. The highest BCUT2D eigenvalue weighted by molar-refractivity contribution is 5.99. The number of esters is 1. The van der Waals surface area contributed by atoms with Crippen molar-refractivity contribution in [3.05, 3.63) is 91.5 Å². The molecule has 0 spiro atoms. The number of hydrogen-bond donors (Lipinski definition) is 11. The number of carbonyl (C=O) groups is 9. The molecule has 105 heavy (non-hydrogen) atoms. The van der Waals surface area contributed by atoms with E-state index in [1.165, 1.54) is 10.6 Å². The summed E-state index contributed by atoms with van der Waals surface area (Å²) < 4.78 is 60.8. The Hall–Kier alpha value is -9.20. The normalized spacial score (nSPS) is 17.2. The number of alkyl carbamates (subject to hydrolysis) is 1. The van der Waals surface area contributed by atoms with Crippen LogP contribution in [0.1, 0.15) is 149 Å². The van der Waals surface area contributed by atoms with Crippen molar-refractivity contribution < 1.29 is 90.5 Å². The van der Waals surface area contributed by atoms with E-state index >= 15 is 4.39 Å². The summed E-state index contributed by atoms with van der Waals surface area (Å²) in [5, 5.41) is 33.8. The van der Waals surface area contributed by atoms with Gasteiger partial charge >= 0.3 is 18.1 Å². The molecule has 0 saturated heterocycles. The van der Waals surface area contributed by atoms with E-state index in [1.54, 1.807) is 58.0 Å². The van der Waals surface area contributed by atoms with Crippen LogP contribution in [0.25, 0.3) is 22.3 Å². The molecule has 2 aromatic heterocycles. The number of aromatic nitrogens is 2. The summed E-state index contributed by atoms with van der Waals surface area (Å²) in [6, 6.07) is 4.98. The number of rotatable bonds is 42. The minimum Gasteiger partial charge on any atom is -0.458 e. The lowest BCUT2D eigenvalue weighted by Crippen LogP contribution is -2.54. The lowest BCUT2D eigenvalue weighted by atomic mass is 9.81. The van der Waals surface area contributed by atoms with Crippen molar-refractivity contribution >= 4 is 70.1 Å². The largest absolute Gasteiger partial charge is 0.458 e. The Morgan fingerprint density at radius 2 is 1.50 bits per heavy atom. The van der Waals surface area contributed by atoms with Crippen LogP contribution in [0.3, 0.4) is 0 Å². The minimum atomic E-state index is -2.05. The highest BCUT2D eigenvalue weighted by atomic mass is 19.1. The van der Waals surface area contributed by atoms with Crippen molar-refractivity contribution in [2.75, 3.05) is 97.8 Å². The first-order valence-electron chi connectivity index (χ1n) is 35.9. The Balaban J connectivity index is 0.671. The average Bonchev–Trinajstić information content (AvgIpc) is 1.73. The molecule has 4 heterocycles. The topological polar surface area (TPSA) is 431 Å². The van der Waals surface area contributed by atoms with Crippen LogP contribution < -0.4 is 59.6 Å². The standard InChI is InChI=1S/C73H99FN12O19/c1-5-73(97)52-36-58-65-50(38-86(58)69(93)51(52)40-104-70(73)94)63-55(23-22-49-45(4)53(74)37-57(83-65)62(49)63)82-61(89)41-102-43-80-66(90)54(75)16-11-12-25-79-72(96)105-39-46-18-20-47(21-19-46)81-67(91)56(17-13-26-78-71(76)95)84-68(92)64(44(2)3)85-59(87)24-28-98-30-32-100-34-35-101-33-31-99-29-27-77-60(88)42-103-48-14-9-7-6-8-10-15-48/h18-21,36-37,44,48,54-56,64,97H,5-9,11-14,16-17,22-35,38-43,75H2,1-4H3,(H,77,88)(H,79,96)(H,80,90)(H,81,91)(H,82,89)(H,84,92)(H,85,87)(H3,76,78,95)/t48?,54-,55-,56-,64-,73-/m0/s1. The van der Waals surface area contributed by atoms with Gasteiger partial charge in [0, 0.05) is 60.7 Å². The van der Waals surface area contributed by atoms with Crippen molar-refractivity contribution in [3.63, 3.8) is 0 Å². The van der Waals surface area contributed by atoms with Gasteiger partial charge in [0.1, 0.15) is 57.2 Å². The van der Waals surface area contributed by atoms with E-state index < -0.39 is 95.4 Å². The zero-order chi connectivity index (χ0) is 75.4. The molecule has 0 saturated carbocycles. The highest BCUT2D eigenvalue weighted by Gasteiger charge is 2.46. The predicted octanol–water partition coefficient (Wildman–Crippen LogP) is 3.08. The summed E-state index contributed by atoms with van der Waals surface area (Å²) in [5.74, 6) is 1.63. The maximum absolute atomic E-state index is 15.4. The van der Waals surface area contributed by atoms with E-state index in [1.807, 2.05) is 0 Å². The average molecular weight is 1470 g/mol. The number of fused-ring (bicyclic) bond motifs is 5. The van der Waals surface area contributed by atoms with E-state index in [0.717, 1.165) is 37.7 Å². The molecule has 0 fully saturated rings. The number of primary amides is 1. The fourth-order valence-electron chi connectivity index (χ4n) is 12.6. The van der Waals surface area contributed by atoms with E-state index in [0.29, 0.717) is 115 Å². The second kappa shape index (κ2) is 40.9. The van der Waals surface area contributed by atoms with E-state index in [-0.39, 0.29) is 127 Å². The lowest BCUT2D eigenvalue weighted by Gasteiger charge is -2.31. The second-order valence-corrected chi connectivity index (χ2v) is 26.3. The quantitative estimate of drug-likeness (QED) is 0.0116. The summed E-state index contributed by atoms with van der Waals surface area (Å²) in [5.41, 5.74) is 13.6. The maximum atomic E-state index is 15.4. The van der Waals surface area contributed by atoms with Crippen LogP contribution in [0.2, 0.25) is 0 Å². The van der Waals surface area contributed by atoms with Gasteiger partial charge in [0.25, 0.3) is 5.56 Å². The number of pyridine rings is 2. The Morgan fingerprint density at radius 1 is 0.771 bits per heavy atom. The molecule has 6 atom stereocenters. The van der Waals surface area contributed by atoms with Gasteiger partial charge in [0.2, 0.25) is 35.4 Å². The number of aryl methyl sites for hydroxylation is 1. The number of hydrogen-bond acceptors (Lipinski definition) is 21. The molecule has 0 bridgehead atoms. The molecule has 32 heteroatoms. The van der Waals surface area contributed by atoms with Crippen molar-refractivity contribution in [2.24, 2.45) is 17.4 Å². The number of benzene rings is 2. The first-order chi connectivity index (χ1) is 50.6. The number of halogens is 1. The highest BCUT2D eigenvalue weighted by Crippen LogP contribution is 2.46. The van der Waals surface area contributed by atoms with E-state index in [9.17, 15) is 53.1 Å². The van der Waals surface area contributed by atoms with Crippen molar-refractivity contribution in [1.82, 2.24) is 46.8 Å². The summed E-state index contributed by atoms with van der Waals surface area (Å²) in [6.45, 7) is 8.51. The molecule has 4 aliphatic rings. The van der Waals surface area contributed by atoms with E-state index in [4.69, 9.17) is 54.3 Å². The molecular weight excluding hydrogens is 1370 g/mol. The van der Waals surface area contributed by atoms with Crippen LogP contribution in [0.5, 0.6) is 0 Å². The zero-order valence-electron chi connectivity index (χ0n) is 60.1. The van der Waals surface area contributed by atoms with Crippen LogP contribution in [0.4, 0.5) is 19.7 Å². The Kier molecular flexibility index (Phi) is 31.7. The SMILES string of the molecule is CC[C@@]1(O)C(=O)OCc2c1cc1n(c2=O)Cc2c-1nc1cc(F)c(C)c3c1c2[C@@H](NC(=O)COCNC(=O)[C@@H](N)CCCCNC(=O)OCc1ccc(NC(=O)[C@H](CCCNC(N)=O)NC(=O)[C@@H](NC(=O)CCOCCOCCOCCOCCNC(=O)COC2C#CCCCCC2)C(C)C)cc1)CC3. The van der Waals surface area contributed by atoms with Crippen LogP contribution >= 0.6 is 0 Å². The molecule has 31 nitrogen and oxygen atoms in total. The summed E-state index contributed by atoms with van der Waals surface area (Å²) >= 11 is 0. The second-order valence-electron chi connectivity index (χ2n) is 26.3. The van der Waals surface area contributed by atoms with Gasteiger partial charge in [-0.15, -0.1) is 5.92 Å². The number of nitrogens with two attached hydrogens (primary N) is 2. The van der Waals surface area contributed by atoms with Crippen molar-refractivity contribution in [3.8, 4) is 23.2 Å². The number of unbranched alkanes of at least 4 members (excludes halogenated alkanes) is 1. The molecule has 8 rings (SSSR count). The van der Waals surface area contributed by atoms with Gasteiger partial charge in [-0.3, -0.25) is 33.6 Å². The molecule has 13 N–H and O–H groups in total. The molecular formula is C73H99FN12O19. The molecule has 4 aromatic rings. The van der Waals surface area contributed by atoms with Crippen molar-refractivity contribution in [1.29, 1.82) is 0 Å². The molecule has 0 radical (unpaired) electrons. The van der Waals surface area contributed by atoms with Gasteiger partial charge in [0.15, 0.2) is 5.60 Å². The van der Waals surface area contributed by atoms with Crippen LogP contribution in [-0.2, 0) is 103 Å². The van der Waals surface area contributed by atoms with Gasteiger partial charge in [-0.1, -0.05) is 45.2 Å². The Bertz CT molecular complexity index is 3850. The molecule has 572 valence electrons.